The lowest BCUT2D eigenvalue weighted by Gasteiger charge is -2.07. The number of H-pyrrole nitrogens is 1. The highest BCUT2D eigenvalue weighted by molar-refractivity contribution is 6.20. The fourth-order valence-corrected chi connectivity index (χ4v) is 4.32. The summed E-state index contributed by atoms with van der Waals surface area (Å²) < 4.78 is 0. The summed E-state index contributed by atoms with van der Waals surface area (Å²) >= 11 is 0. The lowest BCUT2D eigenvalue weighted by atomic mass is 9.97. The number of rotatable bonds is 1. The maximum atomic E-state index is 3.63. The SMILES string of the molecule is c1ccc2c(-c3ccc4c(c3)[nH]c3ccc5ccccc5c34)cccc2c1. The molecule has 1 N–H and O–H groups in total. The molecule has 1 heteroatoms. The minimum Gasteiger partial charge on any atom is -0.354 e. The van der Waals surface area contributed by atoms with Crippen LogP contribution in [0.1, 0.15) is 0 Å². The van der Waals surface area contributed by atoms with Crippen molar-refractivity contribution in [1.29, 1.82) is 0 Å². The van der Waals surface area contributed by atoms with Crippen molar-refractivity contribution in [2.45, 2.75) is 0 Å². The molecule has 0 saturated heterocycles. The van der Waals surface area contributed by atoms with Gasteiger partial charge >= 0.3 is 0 Å². The third kappa shape index (κ3) is 2.12. The molecule has 0 aliphatic carbocycles. The van der Waals surface area contributed by atoms with Gasteiger partial charge in [-0.2, -0.15) is 0 Å². The summed E-state index contributed by atoms with van der Waals surface area (Å²) in [5, 5.41) is 7.75. The number of aromatic nitrogens is 1. The zero-order valence-electron chi connectivity index (χ0n) is 14.7. The predicted molar refractivity (Wildman–Crippen MR) is 116 cm³/mol. The topological polar surface area (TPSA) is 15.8 Å². The summed E-state index contributed by atoms with van der Waals surface area (Å²) in [4.78, 5) is 3.63. The Morgan fingerprint density at radius 1 is 0.481 bits per heavy atom. The van der Waals surface area contributed by atoms with Gasteiger partial charge in [0.25, 0.3) is 0 Å². The van der Waals surface area contributed by atoms with E-state index in [4.69, 9.17) is 0 Å². The molecule has 1 aromatic heterocycles. The van der Waals surface area contributed by atoms with Gasteiger partial charge in [0, 0.05) is 21.8 Å². The number of aromatic amines is 1. The zero-order valence-corrected chi connectivity index (χ0v) is 14.7. The maximum Gasteiger partial charge on any atom is 0.0471 e. The van der Waals surface area contributed by atoms with Crippen molar-refractivity contribution in [3.05, 3.63) is 97.1 Å². The van der Waals surface area contributed by atoms with Crippen molar-refractivity contribution in [3.8, 4) is 11.1 Å². The standard InChI is InChI=1S/C26H17N/c1-3-9-20-17(6-1)8-5-11-21(20)19-12-14-23-25(16-19)27-24-15-13-18-7-2-4-10-22(18)26(23)24/h1-16,27H. The van der Waals surface area contributed by atoms with Crippen LogP contribution in [0.4, 0.5) is 0 Å². The molecular formula is C26H17N. The van der Waals surface area contributed by atoms with E-state index in [9.17, 15) is 0 Å². The van der Waals surface area contributed by atoms with E-state index < -0.39 is 0 Å². The van der Waals surface area contributed by atoms with Crippen molar-refractivity contribution < 1.29 is 0 Å². The molecule has 126 valence electrons. The molecular weight excluding hydrogens is 326 g/mol. The quantitative estimate of drug-likeness (QED) is 0.322. The average molecular weight is 343 g/mol. The van der Waals surface area contributed by atoms with Gasteiger partial charge in [-0.05, 0) is 44.8 Å². The second-order valence-corrected chi connectivity index (χ2v) is 7.12. The number of fused-ring (bicyclic) bond motifs is 6. The largest absolute Gasteiger partial charge is 0.354 e. The summed E-state index contributed by atoms with van der Waals surface area (Å²) in [5.41, 5.74) is 4.90. The van der Waals surface area contributed by atoms with Gasteiger partial charge in [0.15, 0.2) is 0 Å². The molecule has 1 nitrogen and oxygen atoms in total. The Bertz CT molecular complexity index is 1460. The van der Waals surface area contributed by atoms with E-state index >= 15 is 0 Å². The highest BCUT2D eigenvalue weighted by atomic mass is 14.7. The minimum absolute atomic E-state index is 1.19. The number of hydrogen-bond donors (Lipinski definition) is 1. The van der Waals surface area contributed by atoms with Gasteiger partial charge in [-0.1, -0.05) is 84.9 Å². The predicted octanol–water partition coefficient (Wildman–Crippen LogP) is 7.29. The molecule has 0 amide bonds. The van der Waals surface area contributed by atoms with E-state index in [1.807, 2.05) is 0 Å². The van der Waals surface area contributed by atoms with Gasteiger partial charge in [-0.3, -0.25) is 0 Å². The van der Waals surface area contributed by atoms with Crippen LogP contribution in [0.15, 0.2) is 97.1 Å². The van der Waals surface area contributed by atoms with E-state index in [0.29, 0.717) is 0 Å². The van der Waals surface area contributed by atoms with Crippen molar-refractivity contribution in [3.63, 3.8) is 0 Å². The lowest BCUT2D eigenvalue weighted by Crippen LogP contribution is -1.81. The first-order chi connectivity index (χ1) is 13.4. The molecule has 0 unspecified atom stereocenters. The molecule has 0 spiro atoms. The molecule has 0 saturated carbocycles. The van der Waals surface area contributed by atoms with Crippen molar-refractivity contribution in [2.24, 2.45) is 0 Å². The first-order valence-corrected chi connectivity index (χ1v) is 9.30. The number of hydrogen-bond acceptors (Lipinski definition) is 0. The van der Waals surface area contributed by atoms with Crippen LogP contribution < -0.4 is 0 Å². The molecule has 0 aliphatic heterocycles. The first kappa shape index (κ1) is 14.6. The van der Waals surface area contributed by atoms with Crippen molar-refractivity contribution in [2.75, 3.05) is 0 Å². The second-order valence-electron chi connectivity index (χ2n) is 7.12. The van der Waals surface area contributed by atoms with E-state index in [1.54, 1.807) is 0 Å². The summed E-state index contributed by atoms with van der Waals surface area (Å²) in [6.07, 6.45) is 0. The summed E-state index contributed by atoms with van der Waals surface area (Å²) in [7, 11) is 0. The average Bonchev–Trinajstić information content (AvgIpc) is 3.11. The van der Waals surface area contributed by atoms with Gasteiger partial charge < -0.3 is 4.98 Å². The summed E-state index contributed by atoms with van der Waals surface area (Å²) in [6.45, 7) is 0. The van der Waals surface area contributed by atoms with Crippen LogP contribution in [0.3, 0.4) is 0 Å². The van der Waals surface area contributed by atoms with Crippen LogP contribution in [0.5, 0.6) is 0 Å². The Labute approximate surface area is 156 Å². The molecule has 0 radical (unpaired) electrons. The van der Waals surface area contributed by atoms with Crippen LogP contribution in [0.25, 0.3) is 54.5 Å². The van der Waals surface area contributed by atoms with E-state index in [0.717, 1.165) is 0 Å². The number of benzene rings is 5. The minimum atomic E-state index is 1.19. The molecule has 0 atom stereocenters. The Hall–Kier alpha value is -3.58. The van der Waals surface area contributed by atoms with Crippen LogP contribution >= 0.6 is 0 Å². The molecule has 0 aliphatic rings. The smallest absolute Gasteiger partial charge is 0.0471 e. The first-order valence-electron chi connectivity index (χ1n) is 9.30. The fraction of sp³-hybridized carbons (Fsp3) is 0. The Kier molecular flexibility index (Phi) is 2.95. The summed E-state index contributed by atoms with van der Waals surface area (Å²) in [6, 6.07) is 34.9. The maximum absolute atomic E-state index is 3.63. The van der Waals surface area contributed by atoms with E-state index in [2.05, 4.69) is 102 Å². The normalized spacial score (nSPS) is 11.7. The highest BCUT2D eigenvalue weighted by Gasteiger charge is 2.10. The zero-order chi connectivity index (χ0) is 17.8. The second kappa shape index (κ2) is 5.46. The molecule has 6 rings (SSSR count). The van der Waals surface area contributed by atoms with Gasteiger partial charge in [-0.25, -0.2) is 0 Å². The molecule has 0 fully saturated rings. The fourth-order valence-electron chi connectivity index (χ4n) is 4.32. The van der Waals surface area contributed by atoms with Crippen LogP contribution in [0.2, 0.25) is 0 Å². The van der Waals surface area contributed by atoms with E-state index in [-0.39, 0.29) is 0 Å². The van der Waals surface area contributed by atoms with Crippen LogP contribution in [0, 0.1) is 0 Å². The molecule has 27 heavy (non-hydrogen) atoms. The highest BCUT2D eigenvalue weighted by Crippen LogP contribution is 2.35. The molecule has 0 bridgehead atoms. The third-order valence-corrected chi connectivity index (χ3v) is 5.59. The van der Waals surface area contributed by atoms with Crippen molar-refractivity contribution in [1.82, 2.24) is 4.98 Å². The van der Waals surface area contributed by atoms with Crippen LogP contribution in [-0.2, 0) is 0 Å². The lowest BCUT2D eigenvalue weighted by molar-refractivity contribution is 1.55. The Balaban J connectivity index is 1.66. The molecule has 1 heterocycles. The van der Waals surface area contributed by atoms with Crippen molar-refractivity contribution >= 4 is 43.4 Å². The van der Waals surface area contributed by atoms with Gasteiger partial charge in [0.05, 0.1) is 0 Å². The van der Waals surface area contributed by atoms with Crippen LogP contribution in [-0.4, -0.2) is 4.98 Å². The summed E-state index contributed by atoms with van der Waals surface area (Å²) in [5.74, 6) is 0. The Morgan fingerprint density at radius 2 is 1.22 bits per heavy atom. The molecule has 6 aromatic rings. The third-order valence-electron chi connectivity index (χ3n) is 5.59. The van der Waals surface area contributed by atoms with Gasteiger partial charge in [-0.15, -0.1) is 0 Å². The Morgan fingerprint density at radius 3 is 2.11 bits per heavy atom. The van der Waals surface area contributed by atoms with Gasteiger partial charge in [0.2, 0.25) is 0 Å². The van der Waals surface area contributed by atoms with Gasteiger partial charge in [0.1, 0.15) is 0 Å². The van der Waals surface area contributed by atoms with E-state index in [1.165, 1.54) is 54.5 Å². The number of nitrogens with one attached hydrogen (secondary N) is 1. The monoisotopic (exact) mass is 343 g/mol. The molecule has 5 aromatic carbocycles.